The van der Waals surface area contributed by atoms with Gasteiger partial charge in [0.25, 0.3) is 0 Å². The number of aliphatic hydroxyl groups is 1. The third kappa shape index (κ3) is 5.06. The fourth-order valence-corrected chi connectivity index (χ4v) is 2.80. The van der Waals surface area contributed by atoms with E-state index < -0.39 is 5.60 Å². The van der Waals surface area contributed by atoms with Gasteiger partial charge in [0, 0.05) is 29.5 Å². The van der Waals surface area contributed by atoms with Gasteiger partial charge >= 0.3 is 0 Å². The summed E-state index contributed by atoms with van der Waals surface area (Å²) in [6.07, 6.45) is 4.99. The maximum Gasteiger partial charge on any atom is 0.159 e. The first-order valence-electron chi connectivity index (χ1n) is 8.80. The van der Waals surface area contributed by atoms with Crippen LogP contribution in [0.15, 0.2) is 36.8 Å². The number of anilines is 1. The van der Waals surface area contributed by atoms with Crippen LogP contribution in [0.5, 0.6) is 0 Å². The van der Waals surface area contributed by atoms with Crippen molar-refractivity contribution < 1.29 is 5.11 Å². The normalized spacial score (nSPS) is 12.3. The molecule has 2 N–H and O–H groups in total. The molecule has 2 heterocycles. The van der Waals surface area contributed by atoms with Crippen molar-refractivity contribution in [2.45, 2.75) is 45.7 Å². The molecule has 1 unspecified atom stereocenters. The zero-order chi connectivity index (χ0) is 20.2. The van der Waals surface area contributed by atoms with Crippen molar-refractivity contribution in [2.75, 3.05) is 5.32 Å². The second kappa shape index (κ2) is 8.83. The van der Waals surface area contributed by atoms with E-state index in [4.69, 9.17) is 23.2 Å². The highest BCUT2D eigenvalue weighted by Gasteiger charge is 2.19. The Morgan fingerprint density at radius 3 is 2.22 bits per heavy atom. The Kier molecular flexibility index (Phi) is 6.98. The van der Waals surface area contributed by atoms with Gasteiger partial charge in [-0.3, -0.25) is 4.98 Å². The van der Waals surface area contributed by atoms with E-state index in [0.29, 0.717) is 10.8 Å². The van der Waals surface area contributed by atoms with Crippen LogP contribution in [0.2, 0.25) is 5.02 Å². The topological polar surface area (TPSA) is 70.9 Å². The van der Waals surface area contributed by atoms with Crippen molar-refractivity contribution in [3.8, 4) is 11.1 Å². The zero-order valence-corrected chi connectivity index (χ0v) is 17.6. The van der Waals surface area contributed by atoms with Crippen molar-refractivity contribution in [1.29, 1.82) is 0 Å². The highest BCUT2D eigenvalue weighted by molar-refractivity contribution is 6.35. The number of rotatable bonds is 4. The molecular weight excluding hydrogens is 383 g/mol. The van der Waals surface area contributed by atoms with Gasteiger partial charge in [-0.05, 0) is 38.5 Å². The standard InChI is InChI=1S/C18H18Cl2N4O.C2H6/c1-10(19)24-16-13-6-11(4-5-15(13)21-9-14(16)20)12-7-22-17(23-8-12)18(2,3)25;1-2/h4-10,25H,1-3H3,(H,21,24);1-2H3. The van der Waals surface area contributed by atoms with Crippen LogP contribution < -0.4 is 5.32 Å². The molecule has 5 nitrogen and oxygen atoms in total. The maximum absolute atomic E-state index is 9.97. The molecule has 1 atom stereocenters. The van der Waals surface area contributed by atoms with Crippen molar-refractivity contribution in [3.63, 3.8) is 0 Å². The summed E-state index contributed by atoms with van der Waals surface area (Å²) in [4.78, 5) is 12.9. The Labute approximate surface area is 169 Å². The minimum atomic E-state index is -1.08. The van der Waals surface area contributed by atoms with Gasteiger partial charge in [0.05, 0.1) is 21.7 Å². The summed E-state index contributed by atoms with van der Waals surface area (Å²) in [5.74, 6) is 0.375. The Balaban J connectivity index is 0.00000126. The lowest BCUT2D eigenvalue weighted by atomic mass is 10.0. The first-order valence-corrected chi connectivity index (χ1v) is 9.61. The zero-order valence-electron chi connectivity index (χ0n) is 16.1. The minimum Gasteiger partial charge on any atom is -0.382 e. The number of nitrogens with one attached hydrogen (secondary N) is 1. The summed E-state index contributed by atoms with van der Waals surface area (Å²) in [7, 11) is 0. The van der Waals surface area contributed by atoms with Crippen LogP contribution in [0.3, 0.4) is 0 Å². The summed E-state index contributed by atoms with van der Waals surface area (Å²) < 4.78 is 0. The first-order chi connectivity index (χ1) is 12.8. The molecule has 0 saturated heterocycles. The third-order valence-corrected chi connectivity index (χ3v) is 4.09. The summed E-state index contributed by atoms with van der Waals surface area (Å²) in [5, 5.41) is 14.5. The molecule has 3 rings (SSSR count). The lowest BCUT2D eigenvalue weighted by Gasteiger charge is -2.16. The average molecular weight is 407 g/mol. The molecule has 144 valence electrons. The molecule has 0 bridgehead atoms. The summed E-state index contributed by atoms with van der Waals surface area (Å²) >= 11 is 12.3. The summed E-state index contributed by atoms with van der Waals surface area (Å²) in [6, 6.07) is 5.83. The molecule has 27 heavy (non-hydrogen) atoms. The van der Waals surface area contributed by atoms with Crippen molar-refractivity contribution in [1.82, 2.24) is 15.0 Å². The number of alkyl halides is 1. The first kappa shape index (κ1) is 21.4. The highest BCUT2D eigenvalue weighted by Crippen LogP contribution is 2.33. The minimum absolute atomic E-state index is 0.277. The monoisotopic (exact) mass is 406 g/mol. The van der Waals surface area contributed by atoms with Gasteiger partial charge in [-0.25, -0.2) is 9.97 Å². The smallest absolute Gasteiger partial charge is 0.159 e. The van der Waals surface area contributed by atoms with E-state index in [1.54, 1.807) is 32.4 Å². The second-order valence-corrected chi connectivity index (χ2v) is 7.39. The largest absolute Gasteiger partial charge is 0.382 e. The van der Waals surface area contributed by atoms with Crippen molar-refractivity contribution in [2.24, 2.45) is 0 Å². The lowest BCUT2D eigenvalue weighted by Crippen LogP contribution is -2.19. The molecular formula is C20H24Cl2N4O. The number of nitrogens with zero attached hydrogens (tertiary/aromatic N) is 3. The van der Waals surface area contributed by atoms with Crippen LogP contribution in [0.1, 0.15) is 40.4 Å². The Morgan fingerprint density at radius 1 is 1.04 bits per heavy atom. The number of halogens is 2. The van der Waals surface area contributed by atoms with Crippen LogP contribution in [0, 0.1) is 0 Å². The summed E-state index contributed by atoms with van der Waals surface area (Å²) in [6.45, 7) is 9.13. The average Bonchev–Trinajstić information content (AvgIpc) is 2.64. The molecule has 7 heteroatoms. The molecule has 0 spiro atoms. The van der Waals surface area contributed by atoms with E-state index in [-0.39, 0.29) is 5.50 Å². The predicted molar refractivity (Wildman–Crippen MR) is 113 cm³/mol. The Bertz CT molecular complexity index is 906. The van der Waals surface area contributed by atoms with Gasteiger partial charge in [-0.1, -0.05) is 43.1 Å². The van der Waals surface area contributed by atoms with E-state index in [0.717, 1.165) is 27.7 Å². The Hall–Kier alpha value is -1.95. The van der Waals surface area contributed by atoms with Gasteiger partial charge in [0.1, 0.15) is 5.60 Å². The van der Waals surface area contributed by atoms with Gasteiger partial charge in [0.2, 0.25) is 0 Å². The van der Waals surface area contributed by atoms with Crippen LogP contribution in [0.4, 0.5) is 5.69 Å². The van der Waals surface area contributed by atoms with Crippen LogP contribution in [0.25, 0.3) is 22.0 Å². The van der Waals surface area contributed by atoms with Gasteiger partial charge < -0.3 is 10.4 Å². The number of benzene rings is 1. The molecule has 3 aromatic rings. The van der Waals surface area contributed by atoms with E-state index in [1.807, 2.05) is 39.0 Å². The number of fused-ring (bicyclic) bond motifs is 1. The van der Waals surface area contributed by atoms with E-state index in [1.165, 1.54) is 0 Å². The second-order valence-electron chi connectivity index (χ2n) is 6.33. The fourth-order valence-electron chi connectivity index (χ4n) is 2.49. The van der Waals surface area contributed by atoms with Crippen LogP contribution >= 0.6 is 23.2 Å². The predicted octanol–water partition coefficient (Wildman–Crippen LogP) is 5.60. The molecule has 1 aromatic carbocycles. The number of aromatic nitrogens is 3. The lowest BCUT2D eigenvalue weighted by molar-refractivity contribution is 0.0687. The maximum atomic E-state index is 9.97. The number of hydrogen-bond donors (Lipinski definition) is 2. The molecule has 0 radical (unpaired) electrons. The highest BCUT2D eigenvalue weighted by atomic mass is 35.5. The molecule has 0 aliphatic rings. The van der Waals surface area contributed by atoms with E-state index in [2.05, 4.69) is 20.3 Å². The summed E-state index contributed by atoms with van der Waals surface area (Å²) in [5.41, 5.74) is 1.95. The number of pyridine rings is 1. The van der Waals surface area contributed by atoms with Crippen LogP contribution in [-0.2, 0) is 5.60 Å². The Morgan fingerprint density at radius 2 is 1.67 bits per heavy atom. The molecule has 0 aliphatic carbocycles. The molecule has 0 saturated carbocycles. The quantitative estimate of drug-likeness (QED) is 0.435. The van der Waals surface area contributed by atoms with Gasteiger partial charge in [-0.2, -0.15) is 0 Å². The van der Waals surface area contributed by atoms with Crippen molar-refractivity contribution >= 4 is 39.8 Å². The van der Waals surface area contributed by atoms with E-state index >= 15 is 0 Å². The molecule has 0 aliphatic heterocycles. The molecule has 0 fully saturated rings. The van der Waals surface area contributed by atoms with Crippen molar-refractivity contribution in [3.05, 3.63) is 47.6 Å². The third-order valence-electron chi connectivity index (χ3n) is 3.70. The number of hydrogen-bond acceptors (Lipinski definition) is 5. The van der Waals surface area contributed by atoms with Crippen LogP contribution in [-0.4, -0.2) is 25.6 Å². The van der Waals surface area contributed by atoms with E-state index in [9.17, 15) is 5.11 Å². The van der Waals surface area contributed by atoms with Gasteiger partial charge in [0.15, 0.2) is 5.82 Å². The fraction of sp³-hybridized carbons (Fsp3) is 0.350. The molecule has 2 aromatic heterocycles. The molecule has 0 amide bonds. The SMILES string of the molecule is CC.CC(Cl)Nc1c(Cl)cnc2ccc(-c3cnc(C(C)(C)O)nc3)cc12. The van der Waals surface area contributed by atoms with Gasteiger partial charge in [-0.15, -0.1) is 0 Å².